The van der Waals surface area contributed by atoms with E-state index in [1.165, 1.54) is 5.56 Å². The van der Waals surface area contributed by atoms with Gasteiger partial charge in [0.2, 0.25) is 0 Å². The Morgan fingerprint density at radius 3 is 3.10 bits per heavy atom. The highest BCUT2D eigenvalue weighted by atomic mass is 16.3. The average molecular weight is 282 g/mol. The largest absolute Gasteiger partial charge is 0.464 e. The van der Waals surface area contributed by atoms with Crippen LogP contribution in [-0.2, 0) is 13.1 Å². The second-order valence-corrected chi connectivity index (χ2v) is 5.45. The van der Waals surface area contributed by atoms with Gasteiger partial charge in [-0.15, -0.1) is 0 Å². The Kier molecular flexibility index (Phi) is 3.02. The Bertz CT molecular complexity index is 760. The number of furan rings is 1. The fourth-order valence-corrected chi connectivity index (χ4v) is 3.19. The molecule has 5 nitrogen and oxygen atoms in total. The summed E-state index contributed by atoms with van der Waals surface area (Å²) >= 11 is 0. The van der Waals surface area contributed by atoms with Gasteiger partial charge in [0.15, 0.2) is 0 Å². The number of aromatic nitrogens is 2. The van der Waals surface area contributed by atoms with Crippen molar-refractivity contribution >= 4 is 11.0 Å². The zero-order valence-corrected chi connectivity index (χ0v) is 11.8. The number of nitrogens with two attached hydrogens (primary N) is 1. The molecule has 0 fully saturated rings. The molecule has 0 saturated heterocycles. The Balaban J connectivity index is 1.69. The molecule has 21 heavy (non-hydrogen) atoms. The number of hydrogen-bond acceptors (Lipinski definition) is 4. The van der Waals surface area contributed by atoms with Crippen LogP contribution in [0.25, 0.3) is 11.0 Å². The van der Waals surface area contributed by atoms with Crippen LogP contribution in [0.1, 0.15) is 17.4 Å². The van der Waals surface area contributed by atoms with Crippen molar-refractivity contribution in [2.24, 2.45) is 5.73 Å². The van der Waals surface area contributed by atoms with Gasteiger partial charge < -0.3 is 14.7 Å². The number of rotatable bonds is 3. The van der Waals surface area contributed by atoms with Gasteiger partial charge in [0.05, 0.1) is 18.8 Å². The summed E-state index contributed by atoms with van der Waals surface area (Å²) in [5.74, 6) is 1.10. The van der Waals surface area contributed by atoms with Crippen molar-refractivity contribution in [3.8, 4) is 0 Å². The van der Waals surface area contributed by atoms with Crippen LogP contribution in [0.5, 0.6) is 0 Å². The third-order valence-electron chi connectivity index (χ3n) is 4.31. The van der Waals surface area contributed by atoms with E-state index in [0.29, 0.717) is 6.54 Å². The fourth-order valence-electron chi connectivity index (χ4n) is 3.19. The van der Waals surface area contributed by atoms with Crippen LogP contribution in [0.3, 0.4) is 0 Å². The maximum atomic E-state index is 6.07. The van der Waals surface area contributed by atoms with Gasteiger partial charge in [0.25, 0.3) is 0 Å². The van der Waals surface area contributed by atoms with E-state index >= 15 is 0 Å². The van der Waals surface area contributed by atoms with E-state index < -0.39 is 0 Å². The molecule has 1 aliphatic heterocycles. The second-order valence-electron chi connectivity index (χ2n) is 5.45. The summed E-state index contributed by atoms with van der Waals surface area (Å²) in [6.45, 7) is 3.34. The SMILES string of the molecule is NCC(c1coc2ccccc12)N1CCn2ccnc2C1. The van der Waals surface area contributed by atoms with Crippen molar-refractivity contribution in [2.45, 2.75) is 19.1 Å². The minimum atomic E-state index is 0.166. The summed E-state index contributed by atoms with van der Waals surface area (Å²) in [7, 11) is 0. The Hall–Kier alpha value is -2.11. The van der Waals surface area contributed by atoms with Gasteiger partial charge in [0, 0.05) is 43.0 Å². The topological polar surface area (TPSA) is 60.2 Å². The van der Waals surface area contributed by atoms with Crippen molar-refractivity contribution in [1.82, 2.24) is 14.5 Å². The predicted octanol–water partition coefficient (Wildman–Crippen LogP) is 2.14. The summed E-state index contributed by atoms with van der Waals surface area (Å²) in [6, 6.07) is 8.29. The highest BCUT2D eigenvalue weighted by molar-refractivity contribution is 5.81. The summed E-state index contributed by atoms with van der Waals surface area (Å²) in [5.41, 5.74) is 8.17. The van der Waals surface area contributed by atoms with E-state index in [2.05, 4.69) is 20.5 Å². The number of fused-ring (bicyclic) bond motifs is 2. The first-order valence-electron chi connectivity index (χ1n) is 7.27. The number of para-hydroxylation sites is 1. The standard InChI is InChI=1S/C16H18N4O/c17-9-14(13-11-21-15-4-2-1-3-12(13)15)20-8-7-19-6-5-18-16(19)10-20/h1-6,11,14H,7-10,17H2. The number of imidazole rings is 1. The van der Waals surface area contributed by atoms with E-state index in [-0.39, 0.29) is 6.04 Å². The maximum absolute atomic E-state index is 6.07. The first-order valence-corrected chi connectivity index (χ1v) is 7.27. The molecule has 0 bridgehead atoms. The van der Waals surface area contributed by atoms with E-state index in [1.54, 1.807) is 0 Å². The third-order valence-corrected chi connectivity index (χ3v) is 4.31. The van der Waals surface area contributed by atoms with Crippen molar-refractivity contribution in [2.75, 3.05) is 13.1 Å². The Morgan fingerprint density at radius 2 is 2.19 bits per heavy atom. The van der Waals surface area contributed by atoms with Crippen LogP contribution < -0.4 is 5.73 Å². The lowest BCUT2D eigenvalue weighted by Crippen LogP contribution is -2.39. The predicted molar refractivity (Wildman–Crippen MR) is 80.6 cm³/mol. The molecule has 5 heteroatoms. The van der Waals surface area contributed by atoms with Crippen molar-refractivity contribution < 1.29 is 4.42 Å². The van der Waals surface area contributed by atoms with E-state index in [1.807, 2.05) is 36.9 Å². The molecular formula is C16H18N4O. The van der Waals surface area contributed by atoms with Crippen LogP contribution in [0, 0.1) is 0 Å². The lowest BCUT2D eigenvalue weighted by molar-refractivity contribution is 0.156. The fraction of sp³-hybridized carbons (Fsp3) is 0.312. The monoisotopic (exact) mass is 282 g/mol. The average Bonchev–Trinajstić information content (AvgIpc) is 3.15. The first-order chi connectivity index (χ1) is 10.4. The van der Waals surface area contributed by atoms with Crippen LogP contribution in [0.2, 0.25) is 0 Å². The summed E-state index contributed by atoms with van der Waals surface area (Å²) < 4.78 is 7.88. The van der Waals surface area contributed by atoms with Gasteiger partial charge in [0.1, 0.15) is 11.4 Å². The second kappa shape index (κ2) is 5.02. The highest BCUT2D eigenvalue weighted by Gasteiger charge is 2.26. The van der Waals surface area contributed by atoms with E-state index in [4.69, 9.17) is 10.2 Å². The molecule has 108 valence electrons. The zero-order valence-electron chi connectivity index (χ0n) is 11.8. The molecule has 1 aliphatic rings. The van der Waals surface area contributed by atoms with Gasteiger partial charge >= 0.3 is 0 Å². The quantitative estimate of drug-likeness (QED) is 0.799. The van der Waals surface area contributed by atoms with Crippen LogP contribution in [-0.4, -0.2) is 27.5 Å². The molecule has 0 saturated carbocycles. The molecule has 2 aromatic heterocycles. The van der Waals surface area contributed by atoms with Gasteiger partial charge in [-0.2, -0.15) is 0 Å². The third kappa shape index (κ3) is 2.05. The van der Waals surface area contributed by atoms with Crippen molar-refractivity contribution in [3.05, 3.63) is 54.3 Å². The zero-order chi connectivity index (χ0) is 14.2. The molecule has 1 unspecified atom stereocenters. The van der Waals surface area contributed by atoms with Gasteiger partial charge in [-0.3, -0.25) is 4.90 Å². The summed E-state index contributed by atoms with van der Waals surface area (Å²) in [5, 5.41) is 1.15. The molecule has 0 spiro atoms. The summed E-state index contributed by atoms with van der Waals surface area (Å²) in [6.07, 6.45) is 5.75. The number of nitrogens with zero attached hydrogens (tertiary/aromatic N) is 3. The normalized spacial score (nSPS) is 17.0. The Labute approximate surface area is 123 Å². The van der Waals surface area contributed by atoms with Gasteiger partial charge in [-0.25, -0.2) is 4.98 Å². The molecule has 3 aromatic rings. The van der Waals surface area contributed by atoms with Crippen LogP contribution in [0.4, 0.5) is 0 Å². The molecule has 2 N–H and O–H groups in total. The molecule has 1 atom stereocenters. The van der Waals surface area contributed by atoms with Gasteiger partial charge in [-0.05, 0) is 6.07 Å². The van der Waals surface area contributed by atoms with Crippen molar-refractivity contribution in [3.63, 3.8) is 0 Å². The molecular weight excluding hydrogens is 264 g/mol. The summed E-state index contributed by atoms with van der Waals surface area (Å²) in [4.78, 5) is 6.81. The van der Waals surface area contributed by atoms with E-state index in [9.17, 15) is 0 Å². The molecule has 0 amide bonds. The first kappa shape index (κ1) is 12.6. The van der Waals surface area contributed by atoms with Crippen LogP contribution in [0.15, 0.2) is 47.3 Å². The molecule has 4 rings (SSSR count). The molecule has 3 heterocycles. The molecule has 0 aliphatic carbocycles. The maximum Gasteiger partial charge on any atom is 0.134 e. The lowest BCUT2D eigenvalue weighted by Gasteiger charge is -2.33. The smallest absolute Gasteiger partial charge is 0.134 e. The molecule has 1 aromatic carbocycles. The lowest BCUT2D eigenvalue weighted by atomic mass is 10.0. The highest BCUT2D eigenvalue weighted by Crippen LogP contribution is 2.31. The minimum Gasteiger partial charge on any atom is -0.464 e. The minimum absolute atomic E-state index is 0.166. The number of benzene rings is 1. The van der Waals surface area contributed by atoms with Crippen LogP contribution >= 0.6 is 0 Å². The molecule has 0 radical (unpaired) electrons. The van der Waals surface area contributed by atoms with E-state index in [0.717, 1.165) is 36.4 Å². The van der Waals surface area contributed by atoms with Gasteiger partial charge in [-0.1, -0.05) is 18.2 Å². The Morgan fingerprint density at radius 1 is 1.29 bits per heavy atom. The van der Waals surface area contributed by atoms with Crippen molar-refractivity contribution in [1.29, 1.82) is 0 Å². The number of hydrogen-bond donors (Lipinski definition) is 1.